The fourth-order valence-electron chi connectivity index (χ4n) is 3.26. The highest BCUT2D eigenvalue weighted by atomic mass is 35.5. The molecule has 1 aromatic heterocycles. The molecule has 0 amide bonds. The van der Waals surface area contributed by atoms with Crippen LogP contribution < -0.4 is 10.9 Å². The second-order valence-corrected chi connectivity index (χ2v) is 6.75. The maximum Gasteiger partial charge on any atom is 0.258 e. The van der Waals surface area contributed by atoms with Crippen LogP contribution in [0.4, 0.5) is 0 Å². The first-order chi connectivity index (χ1) is 11.1. The van der Waals surface area contributed by atoms with Gasteiger partial charge in [0.2, 0.25) is 0 Å². The van der Waals surface area contributed by atoms with Crippen LogP contribution in [0.3, 0.4) is 0 Å². The Balaban J connectivity index is 0.00000208. The van der Waals surface area contributed by atoms with E-state index in [0.29, 0.717) is 18.0 Å². The zero-order chi connectivity index (χ0) is 16.2. The molecule has 0 unspecified atom stereocenters. The van der Waals surface area contributed by atoms with E-state index in [1.54, 1.807) is 0 Å². The molecule has 0 saturated carbocycles. The Morgan fingerprint density at radius 3 is 2.67 bits per heavy atom. The minimum Gasteiger partial charge on any atom is -0.317 e. The second kappa shape index (κ2) is 8.60. The number of benzene rings is 1. The Bertz CT molecular complexity index is 709. The molecule has 24 heavy (non-hydrogen) atoms. The summed E-state index contributed by atoms with van der Waals surface area (Å²) in [6.45, 7) is 8.40. The standard InChI is InChI=1S/C18H26N4O.ClH/c1-13(2)22(11-14-7-9-19-10-8-14)12-17-20-16-6-4-3-5-15(16)18(23)21-17;/h3-6,13-14,19H,7-12H2,1-2H3,(H,20,21,23);1H. The largest absolute Gasteiger partial charge is 0.317 e. The van der Waals surface area contributed by atoms with E-state index in [1.807, 2.05) is 24.3 Å². The summed E-state index contributed by atoms with van der Waals surface area (Å²) in [6, 6.07) is 7.95. The summed E-state index contributed by atoms with van der Waals surface area (Å²) < 4.78 is 0. The molecule has 6 heteroatoms. The van der Waals surface area contributed by atoms with Gasteiger partial charge in [0.1, 0.15) is 5.82 Å². The van der Waals surface area contributed by atoms with Crippen LogP contribution in [0.25, 0.3) is 10.9 Å². The second-order valence-electron chi connectivity index (χ2n) is 6.75. The van der Waals surface area contributed by atoms with Gasteiger partial charge in [-0.2, -0.15) is 0 Å². The molecular formula is C18H27ClN4O. The number of rotatable bonds is 5. The molecule has 1 saturated heterocycles. The highest BCUT2D eigenvalue weighted by Gasteiger charge is 2.20. The van der Waals surface area contributed by atoms with Crippen LogP contribution in [-0.4, -0.2) is 40.5 Å². The number of piperidine rings is 1. The van der Waals surface area contributed by atoms with Crippen molar-refractivity contribution in [1.29, 1.82) is 0 Å². The smallest absolute Gasteiger partial charge is 0.258 e. The molecule has 2 aromatic rings. The summed E-state index contributed by atoms with van der Waals surface area (Å²) in [7, 11) is 0. The van der Waals surface area contributed by atoms with Gasteiger partial charge < -0.3 is 10.3 Å². The van der Waals surface area contributed by atoms with Gasteiger partial charge in [-0.1, -0.05) is 12.1 Å². The van der Waals surface area contributed by atoms with Crippen LogP contribution in [0, 0.1) is 5.92 Å². The van der Waals surface area contributed by atoms with Crippen LogP contribution in [0.2, 0.25) is 0 Å². The third-order valence-corrected chi connectivity index (χ3v) is 4.70. The van der Waals surface area contributed by atoms with E-state index < -0.39 is 0 Å². The lowest BCUT2D eigenvalue weighted by atomic mass is 9.97. The Morgan fingerprint density at radius 2 is 1.96 bits per heavy atom. The number of H-pyrrole nitrogens is 1. The number of nitrogens with zero attached hydrogens (tertiary/aromatic N) is 2. The lowest BCUT2D eigenvalue weighted by Crippen LogP contribution is -2.39. The lowest BCUT2D eigenvalue weighted by molar-refractivity contribution is 0.158. The number of para-hydroxylation sites is 1. The van der Waals surface area contributed by atoms with E-state index in [4.69, 9.17) is 0 Å². The lowest BCUT2D eigenvalue weighted by Gasteiger charge is -2.32. The third kappa shape index (κ3) is 4.56. The van der Waals surface area contributed by atoms with Crippen molar-refractivity contribution in [3.8, 4) is 0 Å². The van der Waals surface area contributed by atoms with Crippen molar-refractivity contribution in [2.45, 2.75) is 39.3 Å². The zero-order valence-electron chi connectivity index (χ0n) is 14.4. The molecule has 1 aromatic carbocycles. The normalized spacial score (nSPS) is 15.8. The fourth-order valence-corrected chi connectivity index (χ4v) is 3.26. The molecule has 1 aliphatic rings. The Kier molecular flexibility index (Phi) is 6.78. The molecule has 2 N–H and O–H groups in total. The van der Waals surface area contributed by atoms with Crippen LogP contribution in [0.15, 0.2) is 29.1 Å². The van der Waals surface area contributed by atoms with Crippen LogP contribution in [-0.2, 0) is 6.54 Å². The molecule has 0 atom stereocenters. The Morgan fingerprint density at radius 1 is 1.25 bits per heavy atom. The van der Waals surface area contributed by atoms with Gasteiger partial charge in [-0.3, -0.25) is 9.69 Å². The monoisotopic (exact) mass is 350 g/mol. The maximum absolute atomic E-state index is 12.2. The van der Waals surface area contributed by atoms with Crippen molar-refractivity contribution in [1.82, 2.24) is 20.2 Å². The number of hydrogen-bond donors (Lipinski definition) is 2. The average molecular weight is 351 g/mol. The Labute approximate surface area is 149 Å². The van der Waals surface area contributed by atoms with E-state index in [0.717, 1.165) is 36.9 Å². The summed E-state index contributed by atoms with van der Waals surface area (Å²) in [5, 5.41) is 4.07. The van der Waals surface area contributed by atoms with Gasteiger partial charge in [0.05, 0.1) is 17.4 Å². The van der Waals surface area contributed by atoms with Crippen LogP contribution in [0.5, 0.6) is 0 Å². The summed E-state index contributed by atoms with van der Waals surface area (Å²) in [5.41, 5.74) is 0.730. The molecule has 2 heterocycles. The highest BCUT2D eigenvalue weighted by molar-refractivity contribution is 5.85. The first-order valence-electron chi connectivity index (χ1n) is 8.56. The average Bonchev–Trinajstić information content (AvgIpc) is 2.55. The van der Waals surface area contributed by atoms with Crippen LogP contribution >= 0.6 is 12.4 Å². The summed E-state index contributed by atoms with van der Waals surface area (Å²) >= 11 is 0. The molecule has 0 aliphatic carbocycles. The predicted molar refractivity (Wildman–Crippen MR) is 101 cm³/mol. The van der Waals surface area contributed by atoms with E-state index in [-0.39, 0.29) is 18.0 Å². The number of halogens is 1. The zero-order valence-corrected chi connectivity index (χ0v) is 15.2. The topological polar surface area (TPSA) is 61.0 Å². The Hall–Kier alpha value is -1.43. The number of hydrogen-bond acceptors (Lipinski definition) is 4. The van der Waals surface area contributed by atoms with Crippen molar-refractivity contribution in [2.75, 3.05) is 19.6 Å². The first-order valence-corrected chi connectivity index (χ1v) is 8.56. The molecule has 3 rings (SSSR count). The minimum atomic E-state index is -0.0452. The first kappa shape index (κ1) is 18.9. The van der Waals surface area contributed by atoms with Gasteiger partial charge in [-0.05, 0) is 57.8 Å². The molecule has 5 nitrogen and oxygen atoms in total. The van der Waals surface area contributed by atoms with Gasteiger partial charge in [0.15, 0.2) is 0 Å². The predicted octanol–water partition coefficient (Wildman–Crippen LogP) is 2.55. The maximum atomic E-state index is 12.2. The molecule has 132 valence electrons. The number of aromatic amines is 1. The molecule has 1 aliphatic heterocycles. The van der Waals surface area contributed by atoms with Gasteiger partial charge in [-0.15, -0.1) is 12.4 Å². The van der Waals surface area contributed by atoms with E-state index in [1.165, 1.54) is 12.8 Å². The molecular weight excluding hydrogens is 324 g/mol. The number of aromatic nitrogens is 2. The number of fused-ring (bicyclic) bond motifs is 1. The van der Waals surface area contributed by atoms with Crippen molar-refractivity contribution < 1.29 is 0 Å². The summed E-state index contributed by atoms with van der Waals surface area (Å²) in [6.07, 6.45) is 2.45. The number of nitrogens with one attached hydrogen (secondary N) is 2. The van der Waals surface area contributed by atoms with Gasteiger partial charge in [0, 0.05) is 12.6 Å². The molecule has 0 radical (unpaired) electrons. The molecule has 0 bridgehead atoms. The van der Waals surface area contributed by atoms with Crippen molar-refractivity contribution in [3.05, 3.63) is 40.4 Å². The van der Waals surface area contributed by atoms with Crippen molar-refractivity contribution in [2.24, 2.45) is 5.92 Å². The van der Waals surface area contributed by atoms with Crippen molar-refractivity contribution in [3.63, 3.8) is 0 Å². The third-order valence-electron chi connectivity index (χ3n) is 4.70. The summed E-state index contributed by atoms with van der Waals surface area (Å²) in [5.74, 6) is 1.49. The van der Waals surface area contributed by atoms with Crippen molar-refractivity contribution >= 4 is 23.3 Å². The quantitative estimate of drug-likeness (QED) is 0.870. The van der Waals surface area contributed by atoms with Gasteiger partial charge in [-0.25, -0.2) is 4.98 Å². The SMILES string of the molecule is CC(C)N(Cc1nc2ccccc2c(=O)[nH]1)CC1CCNCC1.Cl. The fraction of sp³-hybridized carbons (Fsp3) is 0.556. The minimum absolute atomic E-state index is 0. The van der Waals surface area contributed by atoms with E-state index in [2.05, 4.69) is 34.0 Å². The molecule has 0 spiro atoms. The van der Waals surface area contributed by atoms with E-state index >= 15 is 0 Å². The highest BCUT2D eigenvalue weighted by Crippen LogP contribution is 2.17. The van der Waals surface area contributed by atoms with E-state index in [9.17, 15) is 4.79 Å². The van der Waals surface area contributed by atoms with Gasteiger partial charge in [0.25, 0.3) is 5.56 Å². The summed E-state index contributed by atoms with van der Waals surface area (Å²) in [4.78, 5) is 22.2. The molecule has 1 fully saturated rings. The van der Waals surface area contributed by atoms with Crippen LogP contribution in [0.1, 0.15) is 32.5 Å². The van der Waals surface area contributed by atoms with Gasteiger partial charge >= 0.3 is 0 Å².